The number of hydrogen-bond acceptors (Lipinski definition) is 4. The van der Waals surface area contributed by atoms with E-state index in [0.717, 1.165) is 88.2 Å². The van der Waals surface area contributed by atoms with Crippen LogP contribution in [0.3, 0.4) is 0 Å². The third kappa shape index (κ3) is 10.8. The van der Waals surface area contributed by atoms with Crippen molar-refractivity contribution in [2.75, 3.05) is 13.1 Å². The number of aryl methyl sites for hydroxylation is 2. The minimum absolute atomic E-state index is 0.397. The van der Waals surface area contributed by atoms with Crippen LogP contribution >= 0.6 is 0 Å². The van der Waals surface area contributed by atoms with Gasteiger partial charge in [0, 0.05) is 13.1 Å². The van der Waals surface area contributed by atoms with E-state index < -0.39 is 12.2 Å². The zero-order chi connectivity index (χ0) is 27.6. The van der Waals surface area contributed by atoms with Crippen LogP contribution in [0.15, 0.2) is 36.4 Å². The second kappa shape index (κ2) is 18.3. The third-order valence-corrected chi connectivity index (χ3v) is 6.55. The Labute approximate surface area is 229 Å². The molecular weight excluding hydrogens is 476 g/mol. The van der Waals surface area contributed by atoms with E-state index in [1.807, 2.05) is 24.3 Å². The van der Waals surface area contributed by atoms with E-state index in [0.29, 0.717) is 24.6 Å². The van der Waals surface area contributed by atoms with Gasteiger partial charge in [0.15, 0.2) is 0 Å². The fourth-order valence-corrected chi connectivity index (χ4v) is 4.74. The summed E-state index contributed by atoms with van der Waals surface area (Å²) < 4.78 is 11.3. The number of carbonyl (C=O) groups is 2. The topological polar surface area (TPSA) is 76.7 Å². The largest absolute Gasteiger partial charge is 0.412 e. The lowest BCUT2D eigenvalue weighted by molar-refractivity contribution is 0.198. The maximum absolute atomic E-state index is 12.3. The van der Waals surface area contributed by atoms with Gasteiger partial charge >= 0.3 is 12.2 Å². The summed E-state index contributed by atoms with van der Waals surface area (Å²) in [6.45, 7) is 9.74. The van der Waals surface area contributed by atoms with E-state index in [1.165, 1.54) is 11.1 Å². The Kier molecular flexibility index (Phi) is 15.0. The first-order chi connectivity index (χ1) is 18.5. The average molecular weight is 525 g/mol. The first kappa shape index (κ1) is 31.2. The molecule has 0 radical (unpaired) electrons. The lowest BCUT2D eigenvalue weighted by Gasteiger charge is -2.14. The van der Waals surface area contributed by atoms with Gasteiger partial charge in [-0.3, -0.25) is 0 Å². The van der Waals surface area contributed by atoms with Crippen LogP contribution in [0.4, 0.5) is 9.59 Å². The van der Waals surface area contributed by atoms with Crippen molar-refractivity contribution in [1.82, 2.24) is 10.6 Å². The van der Waals surface area contributed by atoms with Gasteiger partial charge in [0.25, 0.3) is 0 Å². The molecule has 0 spiro atoms. The van der Waals surface area contributed by atoms with E-state index in [2.05, 4.69) is 50.5 Å². The Bertz CT molecular complexity index is 910. The van der Waals surface area contributed by atoms with E-state index >= 15 is 0 Å². The smallest absolute Gasteiger partial charge is 0.410 e. The van der Waals surface area contributed by atoms with E-state index in [1.54, 1.807) is 0 Å². The summed E-state index contributed by atoms with van der Waals surface area (Å²) in [5.74, 6) is 1.35. The van der Waals surface area contributed by atoms with Gasteiger partial charge in [-0.05, 0) is 72.9 Å². The first-order valence-electron chi connectivity index (χ1n) is 14.7. The van der Waals surface area contributed by atoms with Crippen molar-refractivity contribution < 1.29 is 19.1 Å². The highest BCUT2D eigenvalue weighted by Gasteiger charge is 2.13. The van der Waals surface area contributed by atoms with Crippen LogP contribution in [0, 0.1) is 0 Å². The second-order valence-electron chi connectivity index (χ2n) is 9.83. The minimum atomic E-state index is -0.397. The highest BCUT2D eigenvalue weighted by atomic mass is 16.6. The Morgan fingerprint density at radius 1 is 0.579 bits per heavy atom. The van der Waals surface area contributed by atoms with Gasteiger partial charge in [0.1, 0.15) is 11.5 Å². The molecule has 0 unspecified atom stereocenters. The van der Waals surface area contributed by atoms with Gasteiger partial charge in [-0.2, -0.15) is 0 Å². The first-order valence-corrected chi connectivity index (χ1v) is 14.7. The summed E-state index contributed by atoms with van der Waals surface area (Å²) in [6.07, 6.45) is 10.8. The Balaban J connectivity index is 1.65. The van der Waals surface area contributed by atoms with Gasteiger partial charge in [0.2, 0.25) is 0 Å². The quantitative estimate of drug-likeness (QED) is 0.206. The van der Waals surface area contributed by atoms with E-state index in [-0.39, 0.29) is 0 Å². The molecule has 2 aromatic carbocycles. The normalized spacial score (nSPS) is 10.7. The van der Waals surface area contributed by atoms with Crippen molar-refractivity contribution in [3.8, 4) is 11.5 Å². The molecule has 0 saturated heterocycles. The number of carbonyl (C=O) groups excluding carboxylic acids is 2. The summed E-state index contributed by atoms with van der Waals surface area (Å²) in [5.41, 5.74) is 4.83. The molecule has 0 aliphatic carbocycles. The summed E-state index contributed by atoms with van der Waals surface area (Å²) >= 11 is 0. The lowest BCUT2D eigenvalue weighted by Crippen LogP contribution is -2.28. The third-order valence-electron chi connectivity index (χ3n) is 6.55. The number of rotatable bonds is 17. The molecule has 0 aliphatic rings. The predicted molar refractivity (Wildman–Crippen MR) is 155 cm³/mol. The van der Waals surface area contributed by atoms with Crippen molar-refractivity contribution in [3.05, 3.63) is 58.7 Å². The summed E-state index contributed by atoms with van der Waals surface area (Å²) in [6, 6.07) is 11.9. The average Bonchev–Trinajstić information content (AvgIpc) is 2.89. The fraction of sp³-hybridized carbons (Fsp3) is 0.562. The van der Waals surface area contributed by atoms with Crippen LogP contribution in [0.2, 0.25) is 0 Å². The van der Waals surface area contributed by atoms with Gasteiger partial charge in [-0.1, -0.05) is 90.5 Å². The SMILES string of the molecule is CCCc1cccc(OC(=O)NCCCCCCNC(=O)Oc2cccc(CCC)c2CCC)c1CCC. The molecule has 0 aromatic heterocycles. The highest BCUT2D eigenvalue weighted by molar-refractivity contribution is 5.71. The molecule has 6 nitrogen and oxygen atoms in total. The molecule has 0 heterocycles. The van der Waals surface area contributed by atoms with Crippen LogP contribution in [-0.4, -0.2) is 25.3 Å². The van der Waals surface area contributed by atoms with Crippen LogP contribution in [0.1, 0.15) is 101 Å². The number of benzene rings is 2. The number of ether oxygens (including phenoxy) is 2. The molecule has 2 N–H and O–H groups in total. The molecule has 6 heteroatoms. The zero-order valence-electron chi connectivity index (χ0n) is 24.0. The maximum atomic E-state index is 12.3. The van der Waals surface area contributed by atoms with Crippen molar-refractivity contribution >= 4 is 12.2 Å². The van der Waals surface area contributed by atoms with Gasteiger partial charge in [-0.15, -0.1) is 0 Å². The number of hydrogen-bond donors (Lipinski definition) is 2. The standard InChI is InChI=1S/C32H48N2O4/c1-5-15-25-19-13-21-29(27(25)17-7-3)37-31(35)33-23-11-9-10-12-24-34-32(36)38-30-22-14-20-26(16-6-2)28(30)18-8-4/h13-14,19-22H,5-12,15-18,23-24H2,1-4H3,(H,33,35)(H,34,36). The lowest BCUT2D eigenvalue weighted by atomic mass is 9.98. The van der Waals surface area contributed by atoms with E-state index in [4.69, 9.17) is 9.47 Å². The minimum Gasteiger partial charge on any atom is -0.410 e. The van der Waals surface area contributed by atoms with Crippen molar-refractivity contribution in [2.45, 2.75) is 105 Å². The molecule has 2 rings (SSSR count). The predicted octanol–water partition coefficient (Wildman–Crippen LogP) is 7.93. The van der Waals surface area contributed by atoms with Crippen molar-refractivity contribution in [2.24, 2.45) is 0 Å². The summed E-state index contributed by atoms with van der Waals surface area (Å²) in [7, 11) is 0. The van der Waals surface area contributed by atoms with Gasteiger partial charge in [0.05, 0.1) is 0 Å². The Hall–Kier alpha value is -3.02. The monoisotopic (exact) mass is 524 g/mol. The molecule has 0 aliphatic heterocycles. The maximum Gasteiger partial charge on any atom is 0.412 e. The highest BCUT2D eigenvalue weighted by Crippen LogP contribution is 2.26. The van der Waals surface area contributed by atoms with Crippen LogP contribution < -0.4 is 20.1 Å². The van der Waals surface area contributed by atoms with Crippen LogP contribution in [0.25, 0.3) is 0 Å². The molecule has 0 saturated carbocycles. The van der Waals surface area contributed by atoms with Gasteiger partial charge < -0.3 is 20.1 Å². The Morgan fingerprint density at radius 2 is 0.974 bits per heavy atom. The zero-order valence-corrected chi connectivity index (χ0v) is 24.0. The summed E-state index contributed by atoms with van der Waals surface area (Å²) in [4.78, 5) is 24.7. The fourth-order valence-electron chi connectivity index (χ4n) is 4.74. The van der Waals surface area contributed by atoms with Crippen molar-refractivity contribution in [3.63, 3.8) is 0 Å². The van der Waals surface area contributed by atoms with Crippen LogP contribution in [0.5, 0.6) is 11.5 Å². The molecule has 0 fully saturated rings. The van der Waals surface area contributed by atoms with Crippen molar-refractivity contribution in [1.29, 1.82) is 0 Å². The van der Waals surface area contributed by atoms with Gasteiger partial charge in [-0.25, -0.2) is 9.59 Å². The Morgan fingerprint density at radius 3 is 1.34 bits per heavy atom. The van der Waals surface area contributed by atoms with Crippen LogP contribution in [-0.2, 0) is 25.7 Å². The molecular formula is C32H48N2O4. The molecule has 2 aromatic rings. The molecule has 210 valence electrons. The second-order valence-corrected chi connectivity index (χ2v) is 9.83. The number of amides is 2. The number of unbranched alkanes of at least 4 members (excludes halogenated alkanes) is 3. The molecule has 0 bridgehead atoms. The molecule has 38 heavy (non-hydrogen) atoms. The molecule has 0 atom stereocenters. The summed E-state index contributed by atoms with van der Waals surface area (Å²) in [5, 5.41) is 5.73. The van der Waals surface area contributed by atoms with E-state index in [9.17, 15) is 9.59 Å². The molecule has 2 amide bonds. The number of nitrogens with one attached hydrogen (secondary N) is 2.